The van der Waals surface area contributed by atoms with E-state index in [2.05, 4.69) is 14.8 Å². The molecule has 1 aromatic carbocycles. The van der Waals surface area contributed by atoms with Crippen molar-refractivity contribution in [2.75, 3.05) is 0 Å². The Labute approximate surface area is 141 Å². The molecule has 0 unspecified atom stereocenters. The summed E-state index contributed by atoms with van der Waals surface area (Å²) < 4.78 is 29.2. The second kappa shape index (κ2) is 6.54. The third-order valence-electron chi connectivity index (χ3n) is 3.65. The van der Waals surface area contributed by atoms with E-state index in [-0.39, 0.29) is 6.54 Å². The van der Waals surface area contributed by atoms with E-state index in [0.717, 1.165) is 16.7 Å². The number of nitrogens with zero attached hydrogens (tertiary/aromatic N) is 3. The lowest BCUT2D eigenvalue weighted by atomic mass is 10.2. The lowest BCUT2D eigenvalue weighted by molar-refractivity contribution is 0.580. The lowest BCUT2D eigenvalue weighted by Crippen LogP contribution is -2.24. The first-order chi connectivity index (χ1) is 11.5. The molecule has 1 N–H and O–H groups in total. The van der Waals surface area contributed by atoms with Gasteiger partial charge in [0.15, 0.2) is 5.82 Å². The van der Waals surface area contributed by atoms with Crippen LogP contribution >= 0.6 is 0 Å². The Kier molecular flexibility index (Phi) is 4.46. The van der Waals surface area contributed by atoms with Gasteiger partial charge in [-0.15, -0.1) is 0 Å². The average molecular weight is 342 g/mol. The van der Waals surface area contributed by atoms with Crippen LogP contribution in [0.2, 0.25) is 0 Å². The summed E-state index contributed by atoms with van der Waals surface area (Å²) in [7, 11) is -3.56. The SMILES string of the molecule is Cc1ccc(C)c(S(=O)(=O)NCc2ccc(-n3cccn3)nc2)c1. The quantitative estimate of drug-likeness (QED) is 0.772. The van der Waals surface area contributed by atoms with Crippen molar-refractivity contribution in [3.8, 4) is 5.82 Å². The molecule has 2 aromatic heterocycles. The molecule has 0 saturated carbocycles. The van der Waals surface area contributed by atoms with E-state index in [4.69, 9.17) is 0 Å². The van der Waals surface area contributed by atoms with Gasteiger partial charge in [0.05, 0.1) is 4.90 Å². The maximum Gasteiger partial charge on any atom is 0.241 e. The van der Waals surface area contributed by atoms with Crippen LogP contribution in [0.4, 0.5) is 0 Å². The zero-order valence-electron chi connectivity index (χ0n) is 13.5. The largest absolute Gasteiger partial charge is 0.241 e. The molecule has 0 amide bonds. The van der Waals surface area contributed by atoms with Crippen LogP contribution in [-0.4, -0.2) is 23.2 Å². The number of pyridine rings is 1. The molecule has 3 rings (SSSR count). The molecule has 6 nitrogen and oxygen atoms in total. The van der Waals surface area contributed by atoms with Gasteiger partial charge in [0, 0.05) is 25.1 Å². The third-order valence-corrected chi connectivity index (χ3v) is 5.19. The second-order valence-electron chi connectivity index (χ2n) is 5.57. The summed E-state index contributed by atoms with van der Waals surface area (Å²) in [4.78, 5) is 4.60. The standard InChI is InChI=1S/C17H18N4O2S/c1-13-4-5-14(2)16(10-13)24(22,23)20-12-15-6-7-17(18-11-15)21-9-3-8-19-21/h3-11,20H,12H2,1-2H3. The van der Waals surface area contributed by atoms with Gasteiger partial charge < -0.3 is 0 Å². The molecule has 124 valence electrons. The molecule has 0 bridgehead atoms. The molecule has 0 spiro atoms. The van der Waals surface area contributed by atoms with Crippen LogP contribution in [-0.2, 0) is 16.6 Å². The molecule has 7 heteroatoms. The summed E-state index contributed by atoms with van der Waals surface area (Å²) in [5.41, 5.74) is 2.41. The highest BCUT2D eigenvalue weighted by molar-refractivity contribution is 7.89. The number of aromatic nitrogens is 3. The highest BCUT2D eigenvalue weighted by atomic mass is 32.2. The van der Waals surface area contributed by atoms with Gasteiger partial charge in [-0.2, -0.15) is 5.10 Å². The number of hydrogen-bond acceptors (Lipinski definition) is 4. The van der Waals surface area contributed by atoms with E-state index in [1.54, 1.807) is 42.3 Å². The Balaban J connectivity index is 1.74. The molecular weight excluding hydrogens is 324 g/mol. The van der Waals surface area contributed by atoms with Crippen molar-refractivity contribution in [1.82, 2.24) is 19.5 Å². The summed E-state index contributed by atoms with van der Waals surface area (Å²) in [6, 6.07) is 10.8. The van der Waals surface area contributed by atoms with Gasteiger partial charge in [-0.05, 0) is 48.7 Å². The minimum Gasteiger partial charge on any atom is -0.237 e. The van der Waals surface area contributed by atoms with Crippen LogP contribution in [0.3, 0.4) is 0 Å². The Morgan fingerprint density at radius 1 is 1.17 bits per heavy atom. The van der Waals surface area contributed by atoms with Crippen molar-refractivity contribution in [3.63, 3.8) is 0 Å². The number of hydrogen-bond donors (Lipinski definition) is 1. The van der Waals surface area contributed by atoms with E-state index < -0.39 is 10.0 Å². The molecule has 3 aromatic rings. The monoisotopic (exact) mass is 342 g/mol. The van der Waals surface area contributed by atoms with Gasteiger partial charge in [-0.25, -0.2) is 22.8 Å². The molecular formula is C17H18N4O2S. The number of sulfonamides is 1. The molecule has 0 aliphatic heterocycles. The zero-order valence-corrected chi connectivity index (χ0v) is 14.3. The summed E-state index contributed by atoms with van der Waals surface area (Å²) in [6.07, 6.45) is 5.11. The van der Waals surface area contributed by atoms with E-state index >= 15 is 0 Å². The van der Waals surface area contributed by atoms with Crippen LogP contribution in [0.15, 0.2) is 59.9 Å². The highest BCUT2D eigenvalue weighted by Crippen LogP contribution is 2.17. The molecule has 24 heavy (non-hydrogen) atoms. The van der Waals surface area contributed by atoms with Crippen molar-refractivity contribution in [3.05, 3.63) is 71.7 Å². The summed E-state index contributed by atoms with van der Waals surface area (Å²) in [6.45, 7) is 3.84. The van der Waals surface area contributed by atoms with Crippen LogP contribution in [0.5, 0.6) is 0 Å². The van der Waals surface area contributed by atoms with Crippen molar-refractivity contribution >= 4 is 10.0 Å². The fourth-order valence-corrected chi connectivity index (χ4v) is 3.66. The predicted molar refractivity (Wildman–Crippen MR) is 91.3 cm³/mol. The van der Waals surface area contributed by atoms with Crippen molar-refractivity contribution in [1.29, 1.82) is 0 Å². The smallest absolute Gasteiger partial charge is 0.237 e. The minimum absolute atomic E-state index is 0.183. The zero-order chi connectivity index (χ0) is 17.2. The Hall–Kier alpha value is -2.51. The van der Waals surface area contributed by atoms with Crippen LogP contribution < -0.4 is 4.72 Å². The van der Waals surface area contributed by atoms with Crippen molar-refractivity contribution in [2.45, 2.75) is 25.3 Å². The van der Waals surface area contributed by atoms with Gasteiger partial charge in [0.1, 0.15) is 0 Å². The molecule has 0 aliphatic rings. The van der Waals surface area contributed by atoms with Gasteiger partial charge in [-0.1, -0.05) is 18.2 Å². The average Bonchev–Trinajstić information content (AvgIpc) is 3.10. The van der Waals surface area contributed by atoms with E-state index in [1.807, 2.05) is 31.2 Å². The van der Waals surface area contributed by atoms with E-state index in [1.165, 1.54) is 0 Å². The molecule has 0 radical (unpaired) electrons. The maximum atomic E-state index is 12.5. The summed E-state index contributed by atoms with van der Waals surface area (Å²) in [5, 5.41) is 4.10. The number of benzene rings is 1. The van der Waals surface area contributed by atoms with E-state index in [9.17, 15) is 8.42 Å². The van der Waals surface area contributed by atoms with Crippen LogP contribution in [0, 0.1) is 13.8 Å². The lowest BCUT2D eigenvalue weighted by Gasteiger charge is -2.10. The number of nitrogens with one attached hydrogen (secondary N) is 1. The van der Waals surface area contributed by atoms with Gasteiger partial charge in [-0.3, -0.25) is 0 Å². The maximum absolute atomic E-state index is 12.5. The number of aryl methyl sites for hydroxylation is 2. The Morgan fingerprint density at radius 2 is 2.00 bits per heavy atom. The molecule has 0 fully saturated rings. The molecule has 0 atom stereocenters. The Bertz CT molecular complexity index is 933. The molecule has 2 heterocycles. The summed E-state index contributed by atoms with van der Waals surface area (Å²) >= 11 is 0. The number of rotatable bonds is 5. The van der Waals surface area contributed by atoms with Gasteiger partial charge >= 0.3 is 0 Å². The predicted octanol–water partition coefficient (Wildman–Crippen LogP) is 2.36. The van der Waals surface area contributed by atoms with Crippen molar-refractivity contribution < 1.29 is 8.42 Å². The third kappa shape index (κ3) is 3.52. The second-order valence-corrected chi connectivity index (χ2v) is 7.30. The van der Waals surface area contributed by atoms with E-state index in [0.29, 0.717) is 10.7 Å². The molecule has 0 saturated heterocycles. The van der Waals surface area contributed by atoms with Crippen LogP contribution in [0.25, 0.3) is 5.82 Å². The Morgan fingerprint density at radius 3 is 2.67 bits per heavy atom. The topological polar surface area (TPSA) is 76.9 Å². The first-order valence-electron chi connectivity index (χ1n) is 7.47. The van der Waals surface area contributed by atoms with Gasteiger partial charge in [0.25, 0.3) is 0 Å². The fourth-order valence-electron chi connectivity index (χ4n) is 2.31. The minimum atomic E-state index is -3.56. The normalized spacial score (nSPS) is 11.6. The first kappa shape index (κ1) is 16.4. The van der Waals surface area contributed by atoms with Crippen LogP contribution in [0.1, 0.15) is 16.7 Å². The van der Waals surface area contributed by atoms with Gasteiger partial charge in [0.2, 0.25) is 10.0 Å². The van der Waals surface area contributed by atoms with Crippen molar-refractivity contribution in [2.24, 2.45) is 0 Å². The highest BCUT2D eigenvalue weighted by Gasteiger charge is 2.16. The first-order valence-corrected chi connectivity index (χ1v) is 8.96. The molecule has 0 aliphatic carbocycles. The summed E-state index contributed by atoms with van der Waals surface area (Å²) in [5.74, 6) is 0.682. The fraction of sp³-hybridized carbons (Fsp3) is 0.176.